The van der Waals surface area contributed by atoms with Crippen LogP contribution in [0.1, 0.15) is 46.5 Å². The third-order valence-electron chi connectivity index (χ3n) is 4.56. The summed E-state index contributed by atoms with van der Waals surface area (Å²) in [5.74, 6) is 0.567. The number of hydrogen-bond donors (Lipinski definition) is 1. The Morgan fingerprint density at radius 3 is 2.29 bits per heavy atom. The van der Waals surface area contributed by atoms with E-state index in [4.69, 9.17) is 9.16 Å². The number of ether oxygens (including phenoxy) is 1. The number of carbonyl (C=O) groups excluding carboxylic acids is 1. The van der Waals surface area contributed by atoms with E-state index in [1.54, 1.807) is 12.1 Å². The number of amides is 1. The van der Waals surface area contributed by atoms with Crippen LogP contribution in [0.4, 0.5) is 4.79 Å². The summed E-state index contributed by atoms with van der Waals surface area (Å²) in [5, 5.41) is 3.05. The molecule has 1 N–H and O–H groups in total. The van der Waals surface area contributed by atoms with Crippen LogP contribution in [0.2, 0.25) is 18.1 Å². The molecule has 0 aliphatic carbocycles. The zero-order chi connectivity index (χ0) is 18.1. The van der Waals surface area contributed by atoms with Crippen LogP contribution in [-0.2, 0) is 4.43 Å². The molecule has 0 saturated heterocycles. The lowest BCUT2D eigenvalue weighted by molar-refractivity contribution is 0.200. The van der Waals surface area contributed by atoms with E-state index in [1.807, 2.05) is 18.2 Å². The van der Waals surface area contributed by atoms with Gasteiger partial charge in [0.1, 0.15) is 5.75 Å². The maximum Gasteiger partial charge on any atom is 0.412 e. The number of unbranched alkanes of at least 4 members (excludes halogenated alkanes) is 3. The molecule has 24 heavy (non-hydrogen) atoms. The summed E-state index contributed by atoms with van der Waals surface area (Å²) in [6.45, 7) is 12.9. The number of rotatable bonds is 9. The van der Waals surface area contributed by atoms with Gasteiger partial charge in [-0.2, -0.15) is 0 Å². The Hall–Kier alpha value is -1.33. The molecule has 0 spiro atoms. The van der Waals surface area contributed by atoms with Gasteiger partial charge in [-0.1, -0.05) is 51.8 Å². The van der Waals surface area contributed by atoms with Gasteiger partial charge in [0, 0.05) is 13.2 Å². The van der Waals surface area contributed by atoms with Crippen LogP contribution in [0.3, 0.4) is 0 Å². The van der Waals surface area contributed by atoms with Crippen molar-refractivity contribution in [2.45, 2.75) is 64.6 Å². The zero-order valence-electron chi connectivity index (χ0n) is 15.9. The zero-order valence-corrected chi connectivity index (χ0v) is 16.9. The first-order valence-corrected chi connectivity index (χ1v) is 11.8. The van der Waals surface area contributed by atoms with Gasteiger partial charge in [-0.05, 0) is 43.1 Å². The Kier molecular flexibility index (Phi) is 8.49. The molecule has 0 atom stereocenters. The normalized spacial score (nSPS) is 12.0. The summed E-state index contributed by atoms with van der Waals surface area (Å²) in [7, 11) is -1.61. The molecule has 0 bridgehead atoms. The van der Waals surface area contributed by atoms with E-state index < -0.39 is 8.32 Å². The monoisotopic (exact) mass is 351 g/mol. The summed E-state index contributed by atoms with van der Waals surface area (Å²) in [5.41, 5.74) is 0. The van der Waals surface area contributed by atoms with Crippen LogP contribution >= 0.6 is 0 Å². The van der Waals surface area contributed by atoms with Crippen molar-refractivity contribution >= 4 is 14.4 Å². The van der Waals surface area contributed by atoms with Crippen LogP contribution in [0.25, 0.3) is 0 Å². The first-order valence-electron chi connectivity index (χ1n) is 8.87. The Bertz CT molecular complexity index is 483. The second-order valence-electron chi connectivity index (χ2n) is 7.65. The van der Waals surface area contributed by atoms with Crippen LogP contribution in [0.15, 0.2) is 30.3 Å². The van der Waals surface area contributed by atoms with E-state index in [1.165, 1.54) is 0 Å². The number of carbonyl (C=O) groups is 1. The quantitative estimate of drug-likeness (QED) is 0.481. The summed E-state index contributed by atoms with van der Waals surface area (Å²) in [4.78, 5) is 11.6. The number of nitrogens with one attached hydrogen (secondary N) is 1. The standard InChI is InChI=1S/C19H33NO3Si/c1-19(2,3)24(4,5)22-16-12-7-6-11-15-20-18(21)23-17-13-9-8-10-14-17/h8-10,13-14H,6-7,11-12,15-16H2,1-5H3,(H,20,21). The topological polar surface area (TPSA) is 47.6 Å². The summed E-state index contributed by atoms with van der Waals surface area (Å²) < 4.78 is 11.3. The average molecular weight is 352 g/mol. The largest absolute Gasteiger partial charge is 0.417 e. The highest BCUT2D eigenvalue weighted by atomic mass is 28.4. The van der Waals surface area contributed by atoms with Crippen molar-refractivity contribution in [2.24, 2.45) is 0 Å². The summed E-state index contributed by atoms with van der Waals surface area (Å²) >= 11 is 0. The van der Waals surface area contributed by atoms with Gasteiger partial charge >= 0.3 is 6.09 Å². The van der Waals surface area contributed by atoms with Gasteiger partial charge in [0.05, 0.1) is 0 Å². The highest BCUT2D eigenvalue weighted by molar-refractivity contribution is 6.74. The van der Waals surface area contributed by atoms with Crippen molar-refractivity contribution in [3.05, 3.63) is 30.3 Å². The molecule has 0 heterocycles. The molecule has 0 aliphatic rings. The van der Waals surface area contributed by atoms with Crippen molar-refractivity contribution in [1.82, 2.24) is 5.32 Å². The van der Waals surface area contributed by atoms with Gasteiger partial charge in [-0.3, -0.25) is 0 Å². The predicted octanol–water partition coefficient (Wildman–Crippen LogP) is 5.36. The maximum atomic E-state index is 11.6. The Morgan fingerprint density at radius 1 is 1.04 bits per heavy atom. The molecule has 5 heteroatoms. The minimum absolute atomic E-state index is 0.274. The summed E-state index contributed by atoms with van der Waals surface area (Å²) in [6.07, 6.45) is 3.88. The van der Waals surface area contributed by atoms with E-state index in [2.05, 4.69) is 39.2 Å². The van der Waals surface area contributed by atoms with Gasteiger partial charge in [0.15, 0.2) is 8.32 Å². The van der Waals surface area contributed by atoms with Gasteiger partial charge in [0.25, 0.3) is 0 Å². The molecule has 0 unspecified atom stereocenters. The maximum absolute atomic E-state index is 11.6. The van der Waals surface area contributed by atoms with E-state index in [-0.39, 0.29) is 11.1 Å². The number of para-hydroxylation sites is 1. The fraction of sp³-hybridized carbons (Fsp3) is 0.632. The molecule has 1 rings (SSSR count). The van der Waals surface area contributed by atoms with Crippen LogP contribution in [0, 0.1) is 0 Å². The van der Waals surface area contributed by atoms with Crippen molar-refractivity contribution in [2.75, 3.05) is 13.2 Å². The van der Waals surface area contributed by atoms with Crippen molar-refractivity contribution < 1.29 is 14.0 Å². The molecular formula is C19H33NO3Si. The van der Waals surface area contributed by atoms with Crippen LogP contribution in [-0.4, -0.2) is 27.6 Å². The number of benzene rings is 1. The lowest BCUT2D eigenvalue weighted by Gasteiger charge is -2.36. The molecule has 1 amide bonds. The molecule has 0 fully saturated rings. The van der Waals surface area contributed by atoms with Gasteiger partial charge in [0.2, 0.25) is 0 Å². The predicted molar refractivity (Wildman–Crippen MR) is 102 cm³/mol. The molecule has 0 aliphatic heterocycles. The molecule has 4 nitrogen and oxygen atoms in total. The van der Waals surface area contributed by atoms with Gasteiger partial charge in [-0.15, -0.1) is 0 Å². The second-order valence-corrected chi connectivity index (χ2v) is 12.5. The lowest BCUT2D eigenvalue weighted by Crippen LogP contribution is -2.40. The Morgan fingerprint density at radius 2 is 1.67 bits per heavy atom. The Labute approximate surface area is 148 Å². The molecule has 1 aromatic carbocycles. The molecular weight excluding hydrogens is 318 g/mol. The second kappa shape index (κ2) is 9.84. The SMILES string of the molecule is CC(C)(C)[Si](C)(C)OCCCCCCNC(=O)Oc1ccccc1. The fourth-order valence-electron chi connectivity index (χ4n) is 1.95. The van der Waals surface area contributed by atoms with E-state index >= 15 is 0 Å². The van der Waals surface area contributed by atoms with Crippen molar-refractivity contribution in [3.63, 3.8) is 0 Å². The van der Waals surface area contributed by atoms with Crippen LogP contribution in [0.5, 0.6) is 5.75 Å². The van der Waals surface area contributed by atoms with E-state index in [0.717, 1.165) is 32.3 Å². The molecule has 0 aromatic heterocycles. The Balaban J connectivity index is 2.02. The number of hydrogen-bond acceptors (Lipinski definition) is 3. The minimum Gasteiger partial charge on any atom is -0.417 e. The lowest BCUT2D eigenvalue weighted by atomic mass is 10.2. The van der Waals surface area contributed by atoms with E-state index in [9.17, 15) is 4.79 Å². The first kappa shape index (κ1) is 20.7. The van der Waals surface area contributed by atoms with Crippen LogP contribution < -0.4 is 10.1 Å². The molecule has 1 aromatic rings. The molecule has 0 radical (unpaired) electrons. The highest BCUT2D eigenvalue weighted by Gasteiger charge is 2.36. The fourth-order valence-corrected chi connectivity index (χ4v) is 3.03. The molecule has 136 valence electrons. The van der Waals surface area contributed by atoms with Gasteiger partial charge in [-0.25, -0.2) is 4.79 Å². The smallest absolute Gasteiger partial charge is 0.412 e. The first-order chi connectivity index (χ1) is 11.2. The summed E-state index contributed by atoms with van der Waals surface area (Å²) in [6, 6.07) is 9.10. The van der Waals surface area contributed by atoms with Crippen molar-refractivity contribution in [3.8, 4) is 5.75 Å². The molecule has 0 saturated carbocycles. The third kappa shape index (κ3) is 7.97. The van der Waals surface area contributed by atoms with E-state index in [0.29, 0.717) is 12.3 Å². The average Bonchev–Trinajstić information content (AvgIpc) is 2.49. The van der Waals surface area contributed by atoms with Gasteiger partial charge < -0.3 is 14.5 Å². The van der Waals surface area contributed by atoms with Crippen molar-refractivity contribution in [1.29, 1.82) is 0 Å². The third-order valence-corrected chi connectivity index (χ3v) is 9.10. The highest BCUT2D eigenvalue weighted by Crippen LogP contribution is 2.36. The minimum atomic E-state index is -1.61.